The summed E-state index contributed by atoms with van der Waals surface area (Å²) in [6.45, 7) is 8.14. The molecule has 72 valence electrons. The fraction of sp³-hybridized carbons (Fsp3) is 0.250. The molecule has 2 nitrogen and oxygen atoms in total. The summed E-state index contributed by atoms with van der Waals surface area (Å²) < 4.78 is 5.01. The Morgan fingerprint density at radius 1 is 1.50 bits per heavy atom. The van der Waals surface area contributed by atoms with Crippen molar-refractivity contribution >= 4 is 11.5 Å². The van der Waals surface area contributed by atoms with Gasteiger partial charge >= 0.3 is 5.97 Å². The summed E-state index contributed by atoms with van der Waals surface area (Å²) in [4.78, 5) is 11.4. The Hall–Kier alpha value is -1.57. The lowest BCUT2D eigenvalue weighted by atomic mass is 9.95. The summed E-state index contributed by atoms with van der Waals surface area (Å²) >= 11 is 0. The molecule has 0 N–H and O–H groups in total. The van der Waals surface area contributed by atoms with Crippen molar-refractivity contribution in [2.75, 3.05) is 0 Å². The van der Waals surface area contributed by atoms with E-state index in [1.165, 1.54) is 0 Å². The first-order valence-electron chi connectivity index (χ1n) is 4.56. The molecule has 1 heterocycles. The number of benzene rings is 1. The van der Waals surface area contributed by atoms with E-state index < -0.39 is 0 Å². The predicted molar refractivity (Wildman–Crippen MR) is 55.0 cm³/mol. The molecular weight excluding hydrogens is 176 g/mol. The molecule has 0 fully saturated rings. The highest BCUT2D eigenvalue weighted by atomic mass is 16.5. The zero-order valence-electron chi connectivity index (χ0n) is 8.39. The Balaban J connectivity index is 2.70. The SMILES string of the molecule is C=C(C)c1ccc(C)c2c1COC2=O. The van der Waals surface area contributed by atoms with Crippen LogP contribution in [0.15, 0.2) is 18.7 Å². The maximum atomic E-state index is 11.4. The monoisotopic (exact) mass is 188 g/mol. The first-order chi connectivity index (χ1) is 6.61. The molecule has 1 aliphatic heterocycles. The van der Waals surface area contributed by atoms with Crippen LogP contribution in [0.2, 0.25) is 0 Å². The van der Waals surface area contributed by atoms with Crippen LogP contribution in [0, 0.1) is 6.92 Å². The van der Waals surface area contributed by atoms with Gasteiger partial charge in [0, 0.05) is 5.56 Å². The van der Waals surface area contributed by atoms with E-state index in [0.717, 1.165) is 27.8 Å². The molecule has 14 heavy (non-hydrogen) atoms. The quantitative estimate of drug-likeness (QED) is 0.633. The molecule has 0 saturated heterocycles. The average molecular weight is 188 g/mol. The zero-order chi connectivity index (χ0) is 10.3. The largest absolute Gasteiger partial charge is 0.457 e. The molecule has 0 spiro atoms. The summed E-state index contributed by atoms with van der Waals surface area (Å²) in [6.07, 6.45) is 0. The number of carbonyl (C=O) groups excluding carboxylic acids is 1. The van der Waals surface area contributed by atoms with Crippen molar-refractivity contribution in [3.63, 3.8) is 0 Å². The van der Waals surface area contributed by atoms with Gasteiger partial charge < -0.3 is 4.74 Å². The Bertz CT molecular complexity index is 430. The maximum Gasteiger partial charge on any atom is 0.339 e. The van der Waals surface area contributed by atoms with Gasteiger partial charge in [0.05, 0.1) is 5.56 Å². The Morgan fingerprint density at radius 3 is 2.86 bits per heavy atom. The van der Waals surface area contributed by atoms with Gasteiger partial charge in [-0.1, -0.05) is 24.3 Å². The normalized spacial score (nSPS) is 13.7. The molecule has 0 bridgehead atoms. The lowest BCUT2D eigenvalue weighted by Crippen LogP contribution is -1.98. The van der Waals surface area contributed by atoms with E-state index >= 15 is 0 Å². The van der Waals surface area contributed by atoms with E-state index in [4.69, 9.17) is 4.74 Å². The van der Waals surface area contributed by atoms with Crippen LogP contribution in [0.5, 0.6) is 0 Å². The number of aryl methyl sites for hydroxylation is 1. The van der Waals surface area contributed by atoms with Gasteiger partial charge in [0.1, 0.15) is 6.61 Å². The van der Waals surface area contributed by atoms with E-state index in [9.17, 15) is 4.79 Å². The number of allylic oxidation sites excluding steroid dienone is 1. The second-order valence-electron chi connectivity index (χ2n) is 3.64. The van der Waals surface area contributed by atoms with Crippen LogP contribution in [0.1, 0.15) is 34.0 Å². The third-order valence-corrected chi connectivity index (χ3v) is 2.53. The number of rotatable bonds is 1. The molecule has 1 aliphatic rings. The third kappa shape index (κ3) is 1.15. The van der Waals surface area contributed by atoms with E-state index in [1.807, 2.05) is 26.0 Å². The van der Waals surface area contributed by atoms with Gasteiger partial charge in [-0.2, -0.15) is 0 Å². The molecule has 0 amide bonds. The maximum absolute atomic E-state index is 11.4. The first-order valence-corrected chi connectivity index (χ1v) is 4.56. The van der Waals surface area contributed by atoms with Crippen molar-refractivity contribution in [3.8, 4) is 0 Å². The number of esters is 1. The van der Waals surface area contributed by atoms with Gasteiger partial charge in [0.2, 0.25) is 0 Å². The highest BCUT2D eigenvalue weighted by molar-refractivity contribution is 5.96. The number of carbonyl (C=O) groups is 1. The highest BCUT2D eigenvalue weighted by Crippen LogP contribution is 2.29. The Kier molecular flexibility index (Phi) is 1.92. The minimum atomic E-state index is -0.208. The molecule has 0 aliphatic carbocycles. The van der Waals surface area contributed by atoms with Gasteiger partial charge in [-0.15, -0.1) is 0 Å². The summed E-state index contributed by atoms with van der Waals surface area (Å²) in [5, 5.41) is 0. The fourth-order valence-corrected chi connectivity index (χ4v) is 1.81. The Morgan fingerprint density at radius 2 is 2.21 bits per heavy atom. The van der Waals surface area contributed by atoms with Crippen LogP contribution in [-0.2, 0) is 11.3 Å². The second kappa shape index (κ2) is 2.98. The summed E-state index contributed by atoms with van der Waals surface area (Å²) in [6, 6.07) is 3.94. The van der Waals surface area contributed by atoms with Crippen LogP contribution in [-0.4, -0.2) is 5.97 Å². The van der Waals surface area contributed by atoms with Crippen molar-refractivity contribution in [2.45, 2.75) is 20.5 Å². The van der Waals surface area contributed by atoms with E-state index in [2.05, 4.69) is 6.58 Å². The van der Waals surface area contributed by atoms with Crippen LogP contribution >= 0.6 is 0 Å². The van der Waals surface area contributed by atoms with Crippen molar-refractivity contribution in [2.24, 2.45) is 0 Å². The van der Waals surface area contributed by atoms with Crippen molar-refractivity contribution < 1.29 is 9.53 Å². The smallest absolute Gasteiger partial charge is 0.339 e. The van der Waals surface area contributed by atoms with Crippen molar-refractivity contribution in [3.05, 3.63) is 41.0 Å². The van der Waals surface area contributed by atoms with Gasteiger partial charge in [0.25, 0.3) is 0 Å². The molecule has 2 rings (SSSR count). The molecular formula is C12H12O2. The van der Waals surface area contributed by atoms with Crippen molar-refractivity contribution in [1.29, 1.82) is 0 Å². The third-order valence-electron chi connectivity index (χ3n) is 2.53. The fourth-order valence-electron chi connectivity index (χ4n) is 1.81. The molecule has 0 aromatic heterocycles. The molecule has 0 unspecified atom stereocenters. The number of cyclic esters (lactones) is 1. The molecule has 0 saturated carbocycles. The molecule has 2 heteroatoms. The van der Waals surface area contributed by atoms with Gasteiger partial charge in [0.15, 0.2) is 0 Å². The van der Waals surface area contributed by atoms with Gasteiger partial charge in [-0.05, 0) is 25.0 Å². The number of ether oxygens (including phenoxy) is 1. The molecule has 1 aromatic carbocycles. The summed E-state index contributed by atoms with van der Waals surface area (Å²) in [7, 11) is 0. The van der Waals surface area contributed by atoms with E-state index in [1.54, 1.807) is 0 Å². The minimum Gasteiger partial charge on any atom is -0.457 e. The zero-order valence-corrected chi connectivity index (χ0v) is 8.39. The topological polar surface area (TPSA) is 26.3 Å². The summed E-state index contributed by atoms with van der Waals surface area (Å²) in [5.74, 6) is -0.208. The van der Waals surface area contributed by atoms with Crippen molar-refractivity contribution in [1.82, 2.24) is 0 Å². The lowest BCUT2D eigenvalue weighted by Gasteiger charge is -2.06. The lowest BCUT2D eigenvalue weighted by molar-refractivity contribution is 0.0534. The number of hydrogen-bond acceptors (Lipinski definition) is 2. The molecule has 0 atom stereocenters. The van der Waals surface area contributed by atoms with E-state index in [-0.39, 0.29) is 5.97 Å². The van der Waals surface area contributed by atoms with Gasteiger partial charge in [-0.25, -0.2) is 4.79 Å². The number of fused-ring (bicyclic) bond motifs is 1. The van der Waals surface area contributed by atoms with Crippen LogP contribution in [0.4, 0.5) is 0 Å². The number of hydrogen-bond donors (Lipinski definition) is 0. The molecule has 1 aromatic rings. The average Bonchev–Trinajstić information content (AvgIpc) is 2.49. The standard InChI is InChI=1S/C12H12O2/c1-7(2)9-5-4-8(3)11-10(9)6-14-12(11)13/h4-5H,1,6H2,2-3H3. The second-order valence-corrected chi connectivity index (χ2v) is 3.64. The highest BCUT2D eigenvalue weighted by Gasteiger charge is 2.25. The van der Waals surface area contributed by atoms with E-state index in [0.29, 0.717) is 6.61 Å². The van der Waals surface area contributed by atoms with Crippen LogP contribution < -0.4 is 0 Å². The summed E-state index contributed by atoms with van der Waals surface area (Å²) in [5.41, 5.74) is 4.71. The Labute approximate surface area is 83.2 Å². The van der Waals surface area contributed by atoms with Crippen LogP contribution in [0.25, 0.3) is 5.57 Å². The van der Waals surface area contributed by atoms with Crippen LogP contribution in [0.3, 0.4) is 0 Å². The first kappa shape index (κ1) is 9.00. The minimum absolute atomic E-state index is 0.208. The predicted octanol–water partition coefficient (Wildman–Crippen LogP) is 2.70. The molecule has 0 radical (unpaired) electrons. The van der Waals surface area contributed by atoms with Gasteiger partial charge in [-0.3, -0.25) is 0 Å².